The molecule has 0 saturated carbocycles. The number of para-hydroxylation sites is 1. The number of benzene rings is 2. The van der Waals surface area contributed by atoms with Crippen LogP contribution in [-0.2, 0) is 17.6 Å². The number of carbonyl (C=O) groups excluding carboxylic acids is 1. The van der Waals surface area contributed by atoms with Gasteiger partial charge in [-0.05, 0) is 74.9 Å². The van der Waals surface area contributed by atoms with Gasteiger partial charge in [0.25, 0.3) is 5.56 Å². The van der Waals surface area contributed by atoms with Crippen molar-refractivity contribution in [2.75, 3.05) is 10.7 Å². The number of thiophene rings is 1. The monoisotopic (exact) mass is 534 g/mol. The second kappa shape index (κ2) is 11.0. The third-order valence-corrected chi connectivity index (χ3v) is 8.37. The fourth-order valence-electron chi connectivity index (χ4n) is 4.56. The van der Waals surface area contributed by atoms with Crippen LogP contribution in [0, 0.1) is 5.82 Å². The highest BCUT2D eigenvalue weighted by molar-refractivity contribution is 7.99. The minimum Gasteiger partial charge on any atom is -0.309 e. The Hall–Kier alpha value is -3.30. The van der Waals surface area contributed by atoms with Crippen LogP contribution in [0.25, 0.3) is 10.2 Å². The van der Waals surface area contributed by atoms with Crippen molar-refractivity contribution >= 4 is 51.1 Å². The summed E-state index contributed by atoms with van der Waals surface area (Å²) in [6.07, 6.45) is 5.49. The third kappa shape index (κ3) is 5.38. The van der Waals surface area contributed by atoms with E-state index in [2.05, 4.69) is 5.10 Å². The van der Waals surface area contributed by atoms with Crippen LogP contribution in [0.1, 0.15) is 42.7 Å². The molecule has 190 valence electrons. The predicted octanol–water partition coefficient (Wildman–Crippen LogP) is 5.89. The van der Waals surface area contributed by atoms with E-state index in [4.69, 9.17) is 4.98 Å². The summed E-state index contributed by atoms with van der Waals surface area (Å²) >= 11 is 2.77. The Kier molecular flexibility index (Phi) is 7.53. The normalized spacial score (nSPS) is 13.4. The van der Waals surface area contributed by atoms with E-state index in [-0.39, 0.29) is 29.1 Å². The van der Waals surface area contributed by atoms with E-state index in [1.54, 1.807) is 28.4 Å². The molecule has 0 N–H and O–H groups in total. The van der Waals surface area contributed by atoms with Gasteiger partial charge in [-0.1, -0.05) is 42.1 Å². The van der Waals surface area contributed by atoms with Gasteiger partial charge < -0.3 is 4.90 Å². The molecule has 0 fully saturated rings. The number of halogens is 1. The van der Waals surface area contributed by atoms with Crippen LogP contribution in [0.5, 0.6) is 0 Å². The highest BCUT2D eigenvalue weighted by atomic mass is 32.2. The van der Waals surface area contributed by atoms with Crippen LogP contribution in [0.15, 0.2) is 69.6 Å². The van der Waals surface area contributed by atoms with E-state index in [1.165, 1.54) is 39.7 Å². The molecule has 5 rings (SSSR count). The van der Waals surface area contributed by atoms with E-state index < -0.39 is 0 Å². The molecule has 2 aromatic heterocycles. The second-order valence-corrected chi connectivity index (χ2v) is 11.2. The zero-order valence-corrected chi connectivity index (χ0v) is 22.3. The van der Waals surface area contributed by atoms with E-state index >= 15 is 0 Å². The first-order valence-corrected chi connectivity index (χ1v) is 14.1. The fourth-order valence-corrected chi connectivity index (χ4v) is 6.67. The Labute approximate surface area is 222 Å². The molecule has 1 aliphatic rings. The number of anilines is 1. The van der Waals surface area contributed by atoms with Crippen molar-refractivity contribution in [1.29, 1.82) is 0 Å². The lowest BCUT2D eigenvalue weighted by Gasteiger charge is -2.26. The van der Waals surface area contributed by atoms with Gasteiger partial charge in [0, 0.05) is 16.6 Å². The first kappa shape index (κ1) is 25.4. The molecule has 4 aromatic rings. The summed E-state index contributed by atoms with van der Waals surface area (Å²) in [6.45, 7) is 3.94. The van der Waals surface area contributed by atoms with Crippen molar-refractivity contribution in [2.45, 2.75) is 50.7 Å². The molecule has 0 saturated heterocycles. The summed E-state index contributed by atoms with van der Waals surface area (Å²) in [4.78, 5) is 35.5. The van der Waals surface area contributed by atoms with Gasteiger partial charge in [-0.2, -0.15) is 9.78 Å². The van der Waals surface area contributed by atoms with E-state index in [0.29, 0.717) is 20.9 Å². The number of rotatable bonds is 7. The molecule has 2 aromatic carbocycles. The van der Waals surface area contributed by atoms with Gasteiger partial charge in [0.2, 0.25) is 5.91 Å². The molecule has 1 aliphatic carbocycles. The Morgan fingerprint density at radius 3 is 2.62 bits per heavy atom. The van der Waals surface area contributed by atoms with Gasteiger partial charge in [0.15, 0.2) is 5.16 Å². The number of nitrogens with zero attached hydrogens (tertiary/aromatic N) is 4. The van der Waals surface area contributed by atoms with Gasteiger partial charge in [-0.25, -0.2) is 9.37 Å². The largest absolute Gasteiger partial charge is 0.309 e. The number of amides is 1. The van der Waals surface area contributed by atoms with E-state index in [1.807, 2.05) is 44.2 Å². The lowest BCUT2D eigenvalue weighted by atomic mass is 9.97. The molecule has 0 spiro atoms. The quantitative estimate of drug-likeness (QED) is 0.168. The summed E-state index contributed by atoms with van der Waals surface area (Å²) in [5, 5.41) is 5.44. The summed E-state index contributed by atoms with van der Waals surface area (Å²) in [5.74, 6) is -0.326. The third-order valence-electron chi connectivity index (χ3n) is 6.27. The van der Waals surface area contributed by atoms with Crippen LogP contribution in [-0.4, -0.2) is 33.6 Å². The van der Waals surface area contributed by atoms with Gasteiger partial charge in [-0.3, -0.25) is 9.59 Å². The first-order valence-electron chi connectivity index (χ1n) is 12.3. The van der Waals surface area contributed by atoms with Crippen molar-refractivity contribution in [3.8, 4) is 0 Å². The summed E-state index contributed by atoms with van der Waals surface area (Å²) in [5.41, 5.74) is 2.32. The standard InChI is InChI=1S/C28H27FN4O2S2/c1-18(2)32(21-8-4-3-5-9-21)24(34)17-36-28-31-26-25(22-10-6-7-11-23(22)37-26)27(35)33(28)30-16-19-12-14-20(29)15-13-19/h3-5,8-9,12-16,18H,6-7,10-11,17H2,1-2H3. The Bertz CT molecular complexity index is 1510. The topological polar surface area (TPSA) is 67.6 Å². The second-order valence-electron chi connectivity index (χ2n) is 9.18. The molecule has 0 radical (unpaired) electrons. The van der Waals surface area contributed by atoms with Gasteiger partial charge in [0.1, 0.15) is 10.6 Å². The SMILES string of the molecule is CC(C)N(C(=O)CSc1nc2sc3c(c2c(=O)n1N=Cc1ccc(F)cc1)CCCC3)c1ccccc1. The summed E-state index contributed by atoms with van der Waals surface area (Å²) in [6, 6.07) is 15.4. The molecule has 0 unspecified atom stereocenters. The highest BCUT2D eigenvalue weighted by Gasteiger charge is 2.24. The predicted molar refractivity (Wildman–Crippen MR) is 150 cm³/mol. The average Bonchev–Trinajstić information content (AvgIpc) is 3.27. The van der Waals surface area contributed by atoms with Crippen molar-refractivity contribution in [3.05, 3.63) is 86.8 Å². The lowest BCUT2D eigenvalue weighted by molar-refractivity contribution is -0.116. The molecule has 0 bridgehead atoms. The van der Waals surface area contributed by atoms with E-state index in [0.717, 1.165) is 36.9 Å². The van der Waals surface area contributed by atoms with Crippen LogP contribution < -0.4 is 10.5 Å². The maximum Gasteiger partial charge on any atom is 0.283 e. The molecule has 0 atom stereocenters. The highest BCUT2D eigenvalue weighted by Crippen LogP contribution is 2.35. The van der Waals surface area contributed by atoms with Crippen LogP contribution in [0.2, 0.25) is 0 Å². The van der Waals surface area contributed by atoms with Gasteiger partial charge >= 0.3 is 0 Å². The summed E-state index contributed by atoms with van der Waals surface area (Å²) < 4.78 is 14.6. The smallest absolute Gasteiger partial charge is 0.283 e. The molecule has 37 heavy (non-hydrogen) atoms. The lowest BCUT2D eigenvalue weighted by Crippen LogP contribution is -2.38. The van der Waals surface area contributed by atoms with Crippen molar-refractivity contribution in [3.63, 3.8) is 0 Å². The van der Waals surface area contributed by atoms with Crippen molar-refractivity contribution < 1.29 is 9.18 Å². The maximum absolute atomic E-state index is 13.7. The van der Waals surface area contributed by atoms with Crippen molar-refractivity contribution in [1.82, 2.24) is 9.66 Å². The molecular formula is C28H27FN4O2S2. The number of hydrogen-bond donors (Lipinski definition) is 0. The molecule has 0 aliphatic heterocycles. The molecule has 6 nitrogen and oxygen atoms in total. The van der Waals surface area contributed by atoms with Crippen LogP contribution in [0.3, 0.4) is 0 Å². The molecule has 9 heteroatoms. The number of aromatic nitrogens is 2. The van der Waals surface area contributed by atoms with Crippen LogP contribution >= 0.6 is 23.1 Å². The Morgan fingerprint density at radius 1 is 1.16 bits per heavy atom. The minimum absolute atomic E-state index is 0.0337. The Balaban J connectivity index is 1.52. The maximum atomic E-state index is 13.7. The first-order chi connectivity index (χ1) is 17.9. The minimum atomic E-state index is -0.342. The van der Waals surface area contributed by atoms with Crippen LogP contribution in [0.4, 0.5) is 10.1 Å². The zero-order chi connectivity index (χ0) is 25.9. The van der Waals surface area contributed by atoms with Crippen molar-refractivity contribution in [2.24, 2.45) is 5.10 Å². The molecule has 1 amide bonds. The zero-order valence-electron chi connectivity index (χ0n) is 20.7. The van der Waals surface area contributed by atoms with Gasteiger partial charge in [0.05, 0.1) is 17.4 Å². The number of thioether (sulfide) groups is 1. The number of fused-ring (bicyclic) bond motifs is 3. The fraction of sp³-hybridized carbons (Fsp3) is 0.286. The summed E-state index contributed by atoms with van der Waals surface area (Å²) in [7, 11) is 0. The molecular weight excluding hydrogens is 507 g/mol. The van der Waals surface area contributed by atoms with E-state index in [9.17, 15) is 14.0 Å². The van der Waals surface area contributed by atoms with Gasteiger partial charge in [-0.15, -0.1) is 11.3 Å². The number of carbonyl (C=O) groups is 1. The Morgan fingerprint density at radius 2 is 1.89 bits per heavy atom. The number of aryl methyl sites for hydroxylation is 2. The average molecular weight is 535 g/mol. The molecule has 2 heterocycles. The number of hydrogen-bond acceptors (Lipinski definition) is 6.